The number of alkyl carbamates (subject to hydrolysis) is 1. The van der Waals surface area contributed by atoms with E-state index in [2.05, 4.69) is 17.6 Å². The normalized spacial score (nSPS) is 16.3. The van der Waals surface area contributed by atoms with Crippen LogP contribution in [0.5, 0.6) is 0 Å². The van der Waals surface area contributed by atoms with Crippen LogP contribution in [0.2, 0.25) is 0 Å². The van der Waals surface area contributed by atoms with Crippen molar-refractivity contribution in [3.63, 3.8) is 0 Å². The van der Waals surface area contributed by atoms with Gasteiger partial charge in [0.15, 0.2) is 0 Å². The van der Waals surface area contributed by atoms with E-state index in [9.17, 15) is 14.4 Å². The zero-order chi connectivity index (χ0) is 26.3. The van der Waals surface area contributed by atoms with Crippen molar-refractivity contribution in [3.05, 3.63) is 35.4 Å². The zero-order valence-electron chi connectivity index (χ0n) is 22.8. The number of hydrogen-bond acceptors (Lipinski definition) is 4. The largest absolute Gasteiger partial charge is 0.444 e. The number of nitrogens with one attached hydrogen (secondary N) is 2. The molecule has 1 aromatic rings. The number of carbonyl (C=O) groups is 3. The summed E-state index contributed by atoms with van der Waals surface area (Å²) in [5, 5.41) is 5.94. The van der Waals surface area contributed by atoms with Gasteiger partial charge in [0.2, 0.25) is 11.8 Å². The minimum Gasteiger partial charge on any atom is -0.444 e. The highest BCUT2D eigenvalue weighted by molar-refractivity contribution is 5.93. The number of amides is 3. The van der Waals surface area contributed by atoms with Crippen LogP contribution >= 0.6 is 0 Å². The van der Waals surface area contributed by atoms with E-state index >= 15 is 0 Å². The van der Waals surface area contributed by atoms with E-state index in [0.717, 1.165) is 36.8 Å². The third kappa shape index (κ3) is 8.86. The number of ether oxygens (including phenoxy) is 1. The molecule has 7 heteroatoms. The lowest BCUT2D eigenvalue weighted by atomic mass is 9.96. The van der Waals surface area contributed by atoms with Gasteiger partial charge in [-0.25, -0.2) is 4.79 Å². The first kappa shape index (κ1) is 28.7. The summed E-state index contributed by atoms with van der Waals surface area (Å²) >= 11 is 0. The number of hydrogen-bond donors (Lipinski definition) is 2. The first-order chi connectivity index (χ1) is 16.3. The monoisotopic (exact) mass is 487 g/mol. The molecule has 7 nitrogen and oxygen atoms in total. The quantitative estimate of drug-likeness (QED) is 0.445. The Labute approximate surface area is 211 Å². The van der Waals surface area contributed by atoms with Crippen LogP contribution in [-0.2, 0) is 14.3 Å². The number of nitrogens with zero attached hydrogens (tertiary/aromatic N) is 1. The molecular formula is C28H45N3O4. The Hall–Kier alpha value is -2.57. The molecule has 1 aliphatic carbocycles. The second-order valence-electron chi connectivity index (χ2n) is 11.3. The molecule has 1 aliphatic rings. The number of carbonyl (C=O) groups excluding carboxylic acids is 3. The highest BCUT2D eigenvalue weighted by Gasteiger charge is 2.44. The molecule has 1 saturated carbocycles. The third-order valence-electron chi connectivity index (χ3n) is 6.01. The topological polar surface area (TPSA) is 87.7 Å². The van der Waals surface area contributed by atoms with E-state index in [-0.39, 0.29) is 29.8 Å². The second kappa shape index (κ2) is 12.4. The number of rotatable bonds is 11. The maximum atomic E-state index is 14.1. The van der Waals surface area contributed by atoms with Crippen molar-refractivity contribution in [1.82, 2.24) is 15.5 Å². The van der Waals surface area contributed by atoms with Crippen molar-refractivity contribution in [2.45, 2.75) is 117 Å². The van der Waals surface area contributed by atoms with Crippen molar-refractivity contribution in [2.75, 3.05) is 0 Å². The van der Waals surface area contributed by atoms with Crippen LogP contribution in [0.15, 0.2) is 24.3 Å². The molecule has 0 spiro atoms. The Morgan fingerprint density at radius 1 is 1.09 bits per heavy atom. The number of benzene rings is 1. The van der Waals surface area contributed by atoms with Crippen LogP contribution in [0.1, 0.15) is 97.7 Å². The van der Waals surface area contributed by atoms with Gasteiger partial charge in [0, 0.05) is 12.1 Å². The molecule has 0 aliphatic heterocycles. The molecule has 0 heterocycles. The highest BCUT2D eigenvalue weighted by Crippen LogP contribution is 2.37. The van der Waals surface area contributed by atoms with Gasteiger partial charge in [-0.15, -0.1) is 0 Å². The summed E-state index contributed by atoms with van der Waals surface area (Å²) < 4.78 is 5.45. The molecule has 35 heavy (non-hydrogen) atoms. The molecule has 1 fully saturated rings. The molecular weight excluding hydrogens is 442 g/mol. The van der Waals surface area contributed by atoms with E-state index in [1.165, 1.54) is 0 Å². The summed E-state index contributed by atoms with van der Waals surface area (Å²) in [6, 6.07) is 6.15. The summed E-state index contributed by atoms with van der Waals surface area (Å²) in [7, 11) is 0. The smallest absolute Gasteiger partial charge is 0.408 e. The van der Waals surface area contributed by atoms with Gasteiger partial charge in [-0.3, -0.25) is 9.59 Å². The van der Waals surface area contributed by atoms with E-state index in [1.807, 2.05) is 52.0 Å². The summed E-state index contributed by atoms with van der Waals surface area (Å²) in [5.74, 6) is -0.255. The van der Waals surface area contributed by atoms with Crippen LogP contribution < -0.4 is 10.6 Å². The lowest BCUT2D eigenvalue weighted by Gasteiger charge is -2.36. The van der Waals surface area contributed by atoms with Crippen LogP contribution in [0.25, 0.3) is 0 Å². The Balaban J connectivity index is 2.44. The Bertz CT molecular complexity index is 873. The fourth-order valence-electron chi connectivity index (χ4n) is 4.33. The van der Waals surface area contributed by atoms with Crippen molar-refractivity contribution in [2.24, 2.45) is 5.92 Å². The van der Waals surface area contributed by atoms with Crippen molar-refractivity contribution in [1.29, 1.82) is 0 Å². The summed E-state index contributed by atoms with van der Waals surface area (Å²) in [6.45, 7) is 15.4. The van der Waals surface area contributed by atoms with Crippen LogP contribution in [0.4, 0.5) is 4.79 Å². The van der Waals surface area contributed by atoms with Gasteiger partial charge in [0.05, 0.1) is 0 Å². The van der Waals surface area contributed by atoms with E-state index in [0.29, 0.717) is 6.42 Å². The standard InChI is InChI=1S/C28H45N3O4/c1-9-12-20(5)29-25(32)24(22-14-11-10-13-19(22)4)31(21-15-16-21)26(33)23(17-18(2)3)30-27(34)35-28(6,7)8/h10-11,13-14,18,20-21,23-24H,9,12,15-17H2,1-8H3,(H,29,32)(H,30,34). The van der Waals surface area contributed by atoms with Gasteiger partial charge in [0.25, 0.3) is 0 Å². The summed E-state index contributed by atoms with van der Waals surface area (Å²) in [5.41, 5.74) is 1.09. The molecule has 3 atom stereocenters. The molecule has 2 N–H and O–H groups in total. The van der Waals surface area contributed by atoms with Gasteiger partial charge in [-0.05, 0) is 77.3 Å². The molecule has 0 radical (unpaired) electrons. The molecule has 2 rings (SSSR count). The van der Waals surface area contributed by atoms with Crippen molar-refractivity contribution >= 4 is 17.9 Å². The average Bonchev–Trinajstić information content (AvgIpc) is 3.55. The lowest BCUT2D eigenvalue weighted by molar-refractivity contribution is -0.143. The van der Waals surface area contributed by atoms with Crippen LogP contribution in [-0.4, -0.2) is 46.5 Å². The fraction of sp³-hybridized carbons (Fsp3) is 0.679. The lowest BCUT2D eigenvalue weighted by Crippen LogP contribution is -2.54. The van der Waals surface area contributed by atoms with E-state index in [1.54, 1.807) is 25.7 Å². The minimum absolute atomic E-state index is 0.00141. The third-order valence-corrected chi connectivity index (χ3v) is 6.01. The predicted molar refractivity (Wildman–Crippen MR) is 139 cm³/mol. The first-order valence-electron chi connectivity index (χ1n) is 13.0. The molecule has 3 amide bonds. The predicted octanol–water partition coefficient (Wildman–Crippen LogP) is 5.27. The molecule has 0 bridgehead atoms. The molecule has 1 aromatic carbocycles. The highest BCUT2D eigenvalue weighted by atomic mass is 16.6. The first-order valence-corrected chi connectivity index (χ1v) is 13.0. The Morgan fingerprint density at radius 2 is 1.71 bits per heavy atom. The number of aryl methyl sites for hydroxylation is 1. The van der Waals surface area contributed by atoms with E-state index < -0.39 is 23.8 Å². The molecule has 0 saturated heterocycles. The molecule has 196 valence electrons. The van der Waals surface area contributed by atoms with Gasteiger partial charge in [-0.2, -0.15) is 0 Å². The average molecular weight is 488 g/mol. The molecule has 0 aromatic heterocycles. The second-order valence-corrected chi connectivity index (χ2v) is 11.3. The maximum Gasteiger partial charge on any atom is 0.408 e. The Morgan fingerprint density at radius 3 is 2.23 bits per heavy atom. The van der Waals surface area contributed by atoms with Crippen LogP contribution in [0.3, 0.4) is 0 Å². The zero-order valence-corrected chi connectivity index (χ0v) is 22.8. The Kier molecular flexibility index (Phi) is 10.2. The SMILES string of the molecule is CCCC(C)NC(=O)C(c1ccccc1C)N(C(=O)C(CC(C)C)NC(=O)OC(C)(C)C)C1CC1. The summed E-state index contributed by atoms with van der Waals surface area (Å²) in [6.07, 6.45) is 3.33. The van der Waals surface area contributed by atoms with Gasteiger partial charge in [-0.1, -0.05) is 51.5 Å². The van der Waals surface area contributed by atoms with Gasteiger partial charge < -0.3 is 20.3 Å². The maximum absolute atomic E-state index is 14.1. The van der Waals surface area contributed by atoms with Crippen LogP contribution in [0, 0.1) is 12.8 Å². The fourth-order valence-corrected chi connectivity index (χ4v) is 4.33. The van der Waals surface area contributed by atoms with E-state index in [4.69, 9.17) is 4.74 Å². The van der Waals surface area contributed by atoms with Gasteiger partial charge >= 0.3 is 6.09 Å². The molecule has 3 unspecified atom stereocenters. The van der Waals surface area contributed by atoms with Gasteiger partial charge in [0.1, 0.15) is 17.7 Å². The van der Waals surface area contributed by atoms with Crippen molar-refractivity contribution in [3.8, 4) is 0 Å². The van der Waals surface area contributed by atoms with Crippen molar-refractivity contribution < 1.29 is 19.1 Å². The summed E-state index contributed by atoms with van der Waals surface area (Å²) in [4.78, 5) is 42.1. The minimum atomic E-state index is -0.780.